The van der Waals surface area contributed by atoms with E-state index in [1.54, 1.807) is 6.33 Å². The van der Waals surface area contributed by atoms with Crippen molar-refractivity contribution in [2.75, 3.05) is 29.9 Å². The first-order valence-corrected chi connectivity index (χ1v) is 6.47. The molecule has 0 spiro atoms. The predicted molar refractivity (Wildman–Crippen MR) is 71.8 cm³/mol. The van der Waals surface area contributed by atoms with Crippen LogP contribution >= 0.6 is 0 Å². The van der Waals surface area contributed by atoms with E-state index in [2.05, 4.69) is 34.0 Å². The number of ketones is 1. The van der Waals surface area contributed by atoms with Gasteiger partial charge in [0.05, 0.1) is 0 Å². The van der Waals surface area contributed by atoms with Crippen LogP contribution < -0.4 is 10.2 Å². The minimum Gasteiger partial charge on any atom is -0.370 e. The first-order chi connectivity index (χ1) is 8.65. The lowest BCUT2D eigenvalue weighted by Gasteiger charge is -2.27. The zero-order chi connectivity index (χ0) is 13.0. The topological polar surface area (TPSA) is 58.1 Å². The van der Waals surface area contributed by atoms with E-state index in [4.69, 9.17) is 0 Å². The van der Waals surface area contributed by atoms with E-state index < -0.39 is 0 Å². The molecule has 18 heavy (non-hydrogen) atoms. The molecule has 0 amide bonds. The van der Waals surface area contributed by atoms with E-state index in [9.17, 15) is 4.79 Å². The van der Waals surface area contributed by atoms with Crippen molar-refractivity contribution in [3.05, 3.63) is 12.4 Å². The number of piperidine rings is 1. The van der Waals surface area contributed by atoms with Gasteiger partial charge in [0.15, 0.2) is 0 Å². The molecule has 1 aliphatic heterocycles. The predicted octanol–water partition coefficient (Wildman–Crippen LogP) is 1.71. The molecule has 1 aromatic heterocycles. The molecule has 5 nitrogen and oxygen atoms in total. The highest BCUT2D eigenvalue weighted by atomic mass is 16.1. The number of nitrogens with zero attached hydrogens (tertiary/aromatic N) is 3. The Balaban J connectivity index is 2.00. The molecule has 0 aromatic carbocycles. The average Bonchev–Trinajstić information content (AvgIpc) is 2.37. The van der Waals surface area contributed by atoms with Gasteiger partial charge in [-0.2, -0.15) is 0 Å². The van der Waals surface area contributed by atoms with Gasteiger partial charge in [-0.25, -0.2) is 9.97 Å². The highest BCUT2D eigenvalue weighted by Gasteiger charge is 2.17. The minimum absolute atomic E-state index is 0.346. The average molecular weight is 248 g/mol. The Labute approximate surface area is 108 Å². The van der Waals surface area contributed by atoms with Crippen molar-refractivity contribution in [1.82, 2.24) is 9.97 Å². The Morgan fingerprint density at radius 1 is 1.33 bits per heavy atom. The second kappa shape index (κ2) is 5.80. The molecule has 0 unspecified atom stereocenters. The van der Waals surface area contributed by atoms with Crippen LogP contribution in [0.1, 0.15) is 26.7 Å². The summed E-state index contributed by atoms with van der Waals surface area (Å²) in [4.78, 5) is 21.8. The molecular formula is C13H20N4O. The number of carbonyl (C=O) groups is 1. The summed E-state index contributed by atoms with van der Waals surface area (Å²) in [5, 5.41) is 3.29. The number of hydrogen-bond acceptors (Lipinski definition) is 5. The van der Waals surface area contributed by atoms with Crippen LogP contribution in [0.3, 0.4) is 0 Å². The Morgan fingerprint density at radius 3 is 2.72 bits per heavy atom. The van der Waals surface area contributed by atoms with Crippen molar-refractivity contribution < 1.29 is 4.79 Å². The number of rotatable bonds is 4. The van der Waals surface area contributed by atoms with E-state index in [0.29, 0.717) is 24.5 Å². The maximum absolute atomic E-state index is 11.2. The number of hydrogen-bond donors (Lipinski definition) is 1. The Morgan fingerprint density at radius 2 is 2.06 bits per heavy atom. The molecule has 2 rings (SSSR count). The zero-order valence-electron chi connectivity index (χ0n) is 11.0. The fraction of sp³-hybridized carbons (Fsp3) is 0.615. The maximum atomic E-state index is 11.2. The number of nitrogens with one attached hydrogen (secondary N) is 1. The molecule has 1 saturated heterocycles. The van der Waals surface area contributed by atoms with Gasteiger partial charge >= 0.3 is 0 Å². The van der Waals surface area contributed by atoms with Crippen LogP contribution in [-0.4, -0.2) is 35.4 Å². The van der Waals surface area contributed by atoms with E-state index >= 15 is 0 Å². The summed E-state index contributed by atoms with van der Waals surface area (Å²) in [6.07, 6.45) is 2.83. The lowest BCUT2D eigenvalue weighted by Crippen LogP contribution is -2.34. The third-order valence-electron chi connectivity index (χ3n) is 2.99. The number of carbonyl (C=O) groups excluding carboxylic acids is 1. The molecule has 0 atom stereocenters. The number of Topliss-reactive ketones (excluding diaryl/α,β-unsaturated/α-hetero) is 1. The summed E-state index contributed by atoms with van der Waals surface area (Å²) in [5.41, 5.74) is 0. The normalized spacial score (nSPS) is 16.2. The Hall–Kier alpha value is -1.65. The fourth-order valence-corrected chi connectivity index (χ4v) is 1.91. The van der Waals surface area contributed by atoms with Gasteiger partial charge in [-0.1, -0.05) is 13.8 Å². The highest BCUT2D eigenvalue weighted by Crippen LogP contribution is 2.18. The summed E-state index contributed by atoms with van der Waals surface area (Å²) in [5.74, 6) is 2.68. The maximum Gasteiger partial charge on any atom is 0.136 e. The molecule has 1 fully saturated rings. The van der Waals surface area contributed by atoms with Crippen molar-refractivity contribution in [2.45, 2.75) is 26.7 Å². The third-order valence-corrected chi connectivity index (χ3v) is 2.99. The smallest absolute Gasteiger partial charge is 0.136 e. The van der Waals surface area contributed by atoms with Gasteiger partial charge in [-0.3, -0.25) is 4.79 Å². The van der Waals surface area contributed by atoms with E-state index in [1.165, 1.54) is 0 Å². The third kappa shape index (κ3) is 3.42. The van der Waals surface area contributed by atoms with Crippen molar-refractivity contribution in [2.24, 2.45) is 5.92 Å². The minimum atomic E-state index is 0.346. The van der Waals surface area contributed by atoms with Gasteiger partial charge in [0, 0.05) is 38.5 Å². The van der Waals surface area contributed by atoms with Crippen LogP contribution in [0.4, 0.5) is 11.6 Å². The highest BCUT2D eigenvalue weighted by molar-refractivity contribution is 5.80. The fourth-order valence-electron chi connectivity index (χ4n) is 1.91. The van der Waals surface area contributed by atoms with E-state index in [1.807, 2.05) is 6.07 Å². The van der Waals surface area contributed by atoms with Crippen LogP contribution in [0.2, 0.25) is 0 Å². The molecule has 0 radical (unpaired) electrons. The lowest BCUT2D eigenvalue weighted by molar-refractivity contribution is -0.119. The van der Waals surface area contributed by atoms with Crippen molar-refractivity contribution >= 4 is 17.4 Å². The standard InChI is InChI=1S/C13H20N4O/c1-10(2)8-14-12-7-13(16-9-15-12)17-5-3-11(18)4-6-17/h7,9-10H,3-6,8H2,1-2H3,(H,14,15,16). The SMILES string of the molecule is CC(C)CNc1cc(N2CCC(=O)CC2)ncn1. The van der Waals surface area contributed by atoms with Gasteiger partial charge in [0.2, 0.25) is 0 Å². The van der Waals surface area contributed by atoms with Crippen molar-refractivity contribution in [1.29, 1.82) is 0 Å². The van der Waals surface area contributed by atoms with Crippen molar-refractivity contribution in [3.8, 4) is 0 Å². The number of anilines is 2. The first-order valence-electron chi connectivity index (χ1n) is 6.47. The monoisotopic (exact) mass is 248 g/mol. The molecule has 1 aromatic rings. The van der Waals surface area contributed by atoms with Gasteiger partial charge in [0.25, 0.3) is 0 Å². The molecule has 1 N–H and O–H groups in total. The van der Waals surface area contributed by atoms with Crippen LogP contribution in [-0.2, 0) is 4.79 Å². The van der Waals surface area contributed by atoms with E-state index in [-0.39, 0.29) is 0 Å². The molecule has 0 aliphatic carbocycles. The molecule has 0 bridgehead atoms. The zero-order valence-corrected chi connectivity index (χ0v) is 11.0. The van der Waals surface area contributed by atoms with Crippen LogP contribution in [0.25, 0.3) is 0 Å². The first kappa shape index (κ1) is 12.8. The van der Waals surface area contributed by atoms with Gasteiger partial charge in [-0.15, -0.1) is 0 Å². The lowest BCUT2D eigenvalue weighted by atomic mass is 10.1. The molecule has 0 saturated carbocycles. The Kier molecular flexibility index (Phi) is 4.12. The summed E-state index contributed by atoms with van der Waals surface area (Å²) in [6, 6.07) is 1.96. The molecular weight excluding hydrogens is 228 g/mol. The van der Waals surface area contributed by atoms with Crippen LogP contribution in [0.15, 0.2) is 12.4 Å². The second-order valence-electron chi connectivity index (χ2n) is 5.06. The summed E-state index contributed by atoms with van der Waals surface area (Å²) in [7, 11) is 0. The van der Waals surface area contributed by atoms with Crippen molar-refractivity contribution in [3.63, 3.8) is 0 Å². The van der Waals surface area contributed by atoms with Gasteiger partial charge in [0.1, 0.15) is 23.7 Å². The summed E-state index contributed by atoms with van der Waals surface area (Å²) in [6.45, 7) is 6.74. The Bertz CT molecular complexity index is 409. The van der Waals surface area contributed by atoms with Gasteiger partial charge in [-0.05, 0) is 5.92 Å². The van der Waals surface area contributed by atoms with Gasteiger partial charge < -0.3 is 10.2 Å². The largest absolute Gasteiger partial charge is 0.370 e. The van der Waals surface area contributed by atoms with Crippen LogP contribution in [0, 0.1) is 5.92 Å². The molecule has 1 aliphatic rings. The van der Waals surface area contributed by atoms with Crippen LogP contribution in [0.5, 0.6) is 0 Å². The summed E-state index contributed by atoms with van der Waals surface area (Å²) >= 11 is 0. The molecule has 2 heterocycles. The second-order valence-corrected chi connectivity index (χ2v) is 5.06. The number of aromatic nitrogens is 2. The molecule has 5 heteroatoms. The summed E-state index contributed by atoms with van der Waals surface area (Å²) < 4.78 is 0. The quantitative estimate of drug-likeness (QED) is 0.879. The molecule has 98 valence electrons. The van der Waals surface area contributed by atoms with E-state index in [0.717, 1.165) is 31.3 Å².